The van der Waals surface area contributed by atoms with E-state index in [-0.39, 0.29) is 36.8 Å². The van der Waals surface area contributed by atoms with Gasteiger partial charge in [0.25, 0.3) is 0 Å². The Labute approximate surface area is 90.6 Å². The highest BCUT2D eigenvalue weighted by atomic mass is 16.2. The molecular formula is C10H21N3O2. The fraction of sp³-hybridized carbons (Fsp3) is 0.800. The van der Waals surface area contributed by atoms with Crippen LogP contribution in [0.25, 0.3) is 0 Å². The number of carbonyl (C=O) groups excluding carboxylic acids is 2. The van der Waals surface area contributed by atoms with Gasteiger partial charge in [-0.1, -0.05) is 20.8 Å². The lowest BCUT2D eigenvalue weighted by Gasteiger charge is -2.26. The summed E-state index contributed by atoms with van der Waals surface area (Å²) < 4.78 is 0. The number of hydrogen-bond donors (Lipinski definition) is 3. The van der Waals surface area contributed by atoms with Crippen molar-refractivity contribution in [3.63, 3.8) is 0 Å². The van der Waals surface area contributed by atoms with Crippen LogP contribution >= 0.6 is 0 Å². The SMILES string of the molecule is CC(C)(C)C(N)CC(=O)NCCC(N)=O. The van der Waals surface area contributed by atoms with Crippen molar-refractivity contribution in [3.8, 4) is 0 Å². The quantitative estimate of drug-likeness (QED) is 0.589. The molecule has 5 N–H and O–H groups in total. The zero-order chi connectivity index (χ0) is 12.1. The Morgan fingerprint density at radius 3 is 2.27 bits per heavy atom. The lowest BCUT2D eigenvalue weighted by Crippen LogP contribution is -2.40. The van der Waals surface area contributed by atoms with E-state index in [2.05, 4.69) is 5.32 Å². The van der Waals surface area contributed by atoms with Crippen LogP contribution in [-0.4, -0.2) is 24.4 Å². The highest BCUT2D eigenvalue weighted by Gasteiger charge is 2.22. The standard InChI is InChI=1S/C10H21N3O2/c1-10(2,3)7(11)6-9(15)13-5-4-8(12)14/h7H,4-6,11H2,1-3H3,(H2,12,14)(H,13,15). The molecule has 1 atom stereocenters. The third kappa shape index (κ3) is 6.90. The fourth-order valence-corrected chi connectivity index (χ4v) is 0.903. The first-order chi connectivity index (χ1) is 6.73. The van der Waals surface area contributed by atoms with Crippen molar-refractivity contribution < 1.29 is 9.59 Å². The molecule has 0 heterocycles. The Bertz CT molecular complexity index is 233. The molecule has 0 aliphatic heterocycles. The molecule has 1 unspecified atom stereocenters. The van der Waals surface area contributed by atoms with Gasteiger partial charge in [-0.2, -0.15) is 0 Å². The van der Waals surface area contributed by atoms with E-state index in [1.54, 1.807) is 0 Å². The molecule has 0 aromatic heterocycles. The van der Waals surface area contributed by atoms with Crippen molar-refractivity contribution in [1.29, 1.82) is 0 Å². The molecule has 0 fully saturated rings. The van der Waals surface area contributed by atoms with Crippen molar-refractivity contribution in [2.75, 3.05) is 6.54 Å². The summed E-state index contributed by atoms with van der Waals surface area (Å²) in [5.74, 6) is -0.561. The Balaban J connectivity index is 3.79. The van der Waals surface area contributed by atoms with Crippen LogP contribution in [0, 0.1) is 5.41 Å². The Morgan fingerprint density at radius 2 is 1.87 bits per heavy atom. The van der Waals surface area contributed by atoms with Crippen molar-refractivity contribution in [3.05, 3.63) is 0 Å². The maximum atomic E-state index is 11.3. The first kappa shape index (κ1) is 13.9. The molecule has 0 radical (unpaired) electrons. The van der Waals surface area contributed by atoms with E-state index >= 15 is 0 Å². The predicted octanol–water partition coefficient (Wildman–Crippen LogP) is -0.258. The molecule has 0 aromatic rings. The van der Waals surface area contributed by atoms with E-state index in [1.165, 1.54) is 0 Å². The second-order valence-corrected chi connectivity index (χ2v) is 4.74. The van der Waals surface area contributed by atoms with Crippen LogP contribution in [0.1, 0.15) is 33.6 Å². The van der Waals surface area contributed by atoms with Crippen LogP contribution in [0.15, 0.2) is 0 Å². The van der Waals surface area contributed by atoms with Crippen molar-refractivity contribution in [2.45, 2.75) is 39.7 Å². The highest BCUT2D eigenvalue weighted by Crippen LogP contribution is 2.19. The minimum atomic E-state index is -0.421. The van der Waals surface area contributed by atoms with Gasteiger partial charge < -0.3 is 16.8 Å². The van der Waals surface area contributed by atoms with E-state index in [0.29, 0.717) is 0 Å². The third-order valence-electron chi connectivity index (χ3n) is 2.21. The molecule has 0 rings (SSSR count). The van der Waals surface area contributed by atoms with Gasteiger partial charge in [-0.25, -0.2) is 0 Å². The molecule has 0 aliphatic rings. The van der Waals surface area contributed by atoms with Crippen LogP contribution in [0.5, 0.6) is 0 Å². The van der Waals surface area contributed by atoms with Crippen molar-refractivity contribution in [1.82, 2.24) is 5.32 Å². The Morgan fingerprint density at radius 1 is 1.33 bits per heavy atom. The molecule has 15 heavy (non-hydrogen) atoms. The average Bonchev–Trinajstić information content (AvgIpc) is 2.01. The number of carbonyl (C=O) groups is 2. The van der Waals surface area contributed by atoms with Gasteiger partial charge in [0.2, 0.25) is 11.8 Å². The summed E-state index contributed by atoms with van der Waals surface area (Å²) in [7, 11) is 0. The van der Waals surface area contributed by atoms with Gasteiger partial charge in [0.05, 0.1) is 0 Å². The summed E-state index contributed by atoms with van der Waals surface area (Å²) in [5, 5.41) is 2.60. The second kappa shape index (κ2) is 5.70. The molecule has 2 amide bonds. The lowest BCUT2D eigenvalue weighted by atomic mass is 9.85. The summed E-state index contributed by atoms with van der Waals surface area (Å²) >= 11 is 0. The van der Waals surface area contributed by atoms with Crippen LogP contribution in [-0.2, 0) is 9.59 Å². The summed E-state index contributed by atoms with van der Waals surface area (Å²) in [6, 6.07) is -0.189. The van der Waals surface area contributed by atoms with E-state index in [4.69, 9.17) is 11.5 Å². The number of amides is 2. The van der Waals surface area contributed by atoms with Crippen LogP contribution in [0.3, 0.4) is 0 Å². The maximum absolute atomic E-state index is 11.3. The largest absolute Gasteiger partial charge is 0.370 e. The minimum absolute atomic E-state index is 0.0962. The zero-order valence-electron chi connectivity index (χ0n) is 9.67. The van der Waals surface area contributed by atoms with E-state index in [9.17, 15) is 9.59 Å². The first-order valence-electron chi connectivity index (χ1n) is 5.04. The van der Waals surface area contributed by atoms with E-state index in [1.807, 2.05) is 20.8 Å². The monoisotopic (exact) mass is 215 g/mol. The number of rotatable bonds is 5. The molecule has 88 valence electrons. The van der Waals surface area contributed by atoms with Crippen molar-refractivity contribution in [2.24, 2.45) is 16.9 Å². The molecule has 0 spiro atoms. The van der Waals surface area contributed by atoms with Gasteiger partial charge in [0.15, 0.2) is 0 Å². The Kier molecular flexibility index (Phi) is 5.28. The normalized spacial score (nSPS) is 13.3. The molecule has 5 nitrogen and oxygen atoms in total. The van der Waals surface area contributed by atoms with Gasteiger partial charge in [0, 0.05) is 25.4 Å². The van der Waals surface area contributed by atoms with Crippen molar-refractivity contribution >= 4 is 11.8 Å². The van der Waals surface area contributed by atoms with E-state index in [0.717, 1.165) is 0 Å². The summed E-state index contributed by atoms with van der Waals surface area (Å²) in [6.45, 7) is 6.22. The predicted molar refractivity (Wildman–Crippen MR) is 58.9 cm³/mol. The highest BCUT2D eigenvalue weighted by molar-refractivity contribution is 5.78. The zero-order valence-corrected chi connectivity index (χ0v) is 9.67. The molecule has 0 bridgehead atoms. The van der Waals surface area contributed by atoms with Gasteiger partial charge in [0.1, 0.15) is 0 Å². The van der Waals surface area contributed by atoms with Gasteiger partial charge in [-0.05, 0) is 5.41 Å². The fourth-order valence-electron chi connectivity index (χ4n) is 0.903. The number of primary amides is 1. The van der Waals surface area contributed by atoms with Crippen LogP contribution < -0.4 is 16.8 Å². The summed E-state index contributed by atoms with van der Waals surface area (Å²) in [4.78, 5) is 21.7. The number of hydrogen-bond acceptors (Lipinski definition) is 3. The van der Waals surface area contributed by atoms with Gasteiger partial charge in [-0.3, -0.25) is 9.59 Å². The molecule has 0 saturated heterocycles. The van der Waals surface area contributed by atoms with E-state index < -0.39 is 5.91 Å². The molecule has 5 heteroatoms. The summed E-state index contributed by atoms with van der Waals surface area (Å²) in [6.07, 6.45) is 0.429. The number of nitrogens with one attached hydrogen (secondary N) is 1. The van der Waals surface area contributed by atoms with Gasteiger partial charge >= 0.3 is 0 Å². The molecular weight excluding hydrogens is 194 g/mol. The summed E-state index contributed by atoms with van der Waals surface area (Å²) in [5.41, 5.74) is 10.7. The Hall–Kier alpha value is -1.10. The average molecular weight is 215 g/mol. The third-order valence-corrected chi connectivity index (χ3v) is 2.21. The maximum Gasteiger partial charge on any atom is 0.221 e. The van der Waals surface area contributed by atoms with Crippen LogP contribution in [0.2, 0.25) is 0 Å². The minimum Gasteiger partial charge on any atom is -0.370 e. The molecule has 0 aliphatic carbocycles. The second-order valence-electron chi connectivity index (χ2n) is 4.74. The van der Waals surface area contributed by atoms with Gasteiger partial charge in [-0.15, -0.1) is 0 Å². The van der Waals surface area contributed by atoms with Crippen LogP contribution in [0.4, 0.5) is 0 Å². The molecule has 0 aromatic carbocycles. The number of nitrogens with two attached hydrogens (primary N) is 2. The first-order valence-corrected chi connectivity index (χ1v) is 5.04. The lowest BCUT2D eigenvalue weighted by molar-refractivity contribution is -0.122. The topological polar surface area (TPSA) is 98.2 Å². The molecule has 0 saturated carbocycles. The smallest absolute Gasteiger partial charge is 0.221 e.